The van der Waals surface area contributed by atoms with E-state index in [2.05, 4.69) is 49.2 Å². The molecule has 1 aromatic heterocycles. The Morgan fingerprint density at radius 2 is 1.96 bits per heavy atom. The molecule has 0 fully saturated rings. The predicted molar refractivity (Wildman–Crippen MR) is 90.6 cm³/mol. The molecule has 0 radical (unpaired) electrons. The maximum atomic E-state index is 8.54. The topological polar surface area (TPSA) is 89.8 Å². The molecule has 0 aliphatic carbocycles. The molecule has 2 N–H and O–H groups in total. The zero-order chi connectivity index (χ0) is 16.9. The molecule has 1 aromatic carbocycles. The lowest BCUT2D eigenvalue weighted by Crippen LogP contribution is -2.16. The van der Waals surface area contributed by atoms with Crippen LogP contribution in [0, 0.1) is 11.3 Å². The van der Waals surface area contributed by atoms with Gasteiger partial charge in [-0.05, 0) is 23.1 Å². The molecule has 2 rings (SSSR count). The summed E-state index contributed by atoms with van der Waals surface area (Å²) in [5.74, 6) is 7.89. The first-order chi connectivity index (χ1) is 10.9. The number of hydrogen-bond acceptors (Lipinski definition) is 6. The second kappa shape index (κ2) is 7.38. The number of nitriles is 1. The van der Waals surface area contributed by atoms with E-state index in [1.165, 1.54) is 22.0 Å². The summed E-state index contributed by atoms with van der Waals surface area (Å²) in [7, 11) is 0. The Balaban J connectivity index is 1.95. The van der Waals surface area contributed by atoms with Gasteiger partial charge in [0.25, 0.3) is 0 Å². The molecule has 0 atom stereocenters. The monoisotopic (exact) mass is 331 g/mol. The van der Waals surface area contributed by atoms with Gasteiger partial charge in [-0.25, -0.2) is 4.68 Å². The van der Waals surface area contributed by atoms with E-state index in [1.54, 1.807) is 0 Å². The molecule has 0 amide bonds. The van der Waals surface area contributed by atoms with Crippen LogP contribution in [0.1, 0.15) is 38.6 Å². The summed E-state index contributed by atoms with van der Waals surface area (Å²) in [5, 5.41) is 17.2. The highest BCUT2D eigenvalue weighted by molar-refractivity contribution is 7.99. The van der Waals surface area contributed by atoms with Crippen LogP contribution in [0.3, 0.4) is 0 Å². The van der Waals surface area contributed by atoms with Gasteiger partial charge in [-0.3, -0.25) is 0 Å². The van der Waals surface area contributed by atoms with Crippen LogP contribution in [0.25, 0.3) is 0 Å². The van der Waals surface area contributed by atoms with E-state index in [-0.39, 0.29) is 12.0 Å². The van der Waals surface area contributed by atoms with Gasteiger partial charge in [0.05, 0.1) is 6.07 Å². The molecule has 7 heteroatoms. The predicted octanol–water partition coefficient (Wildman–Crippen LogP) is 2.87. The maximum Gasteiger partial charge on any atom is 0.209 e. The van der Waals surface area contributed by atoms with Crippen molar-refractivity contribution in [3.8, 4) is 11.8 Å². The molecule has 0 aliphatic rings. The normalized spacial score (nSPS) is 11.2. The lowest BCUT2D eigenvalue weighted by molar-refractivity contribution is 0.291. The third kappa shape index (κ3) is 4.63. The summed E-state index contributed by atoms with van der Waals surface area (Å²) in [6, 6.07) is 10.1. The van der Waals surface area contributed by atoms with Gasteiger partial charge in [0.1, 0.15) is 12.4 Å². The Kier molecular flexibility index (Phi) is 5.50. The Morgan fingerprint density at radius 1 is 1.26 bits per heavy atom. The van der Waals surface area contributed by atoms with Crippen molar-refractivity contribution in [3.63, 3.8) is 0 Å². The van der Waals surface area contributed by atoms with Crippen molar-refractivity contribution < 1.29 is 4.74 Å². The molecule has 0 saturated heterocycles. The highest BCUT2D eigenvalue weighted by Crippen LogP contribution is 2.24. The number of ether oxygens (including phenoxy) is 1. The number of nitrogens with zero attached hydrogens (tertiary/aromatic N) is 4. The summed E-state index contributed by atoms with van der Waals surface area (Å²) >= 11 is 1.41. The molecule has 0 unspecified atom stereocenters. The zero-order valence-corrected chi connectivity index (χ0v) is 14.4. The van der Waals surface area contributed by atoms with Gasteiger partial charge in [-0.15, -0.1) is 10.2 Å². The summed E-state index contributed by atoms with van der Waals surface area (Å²) in [6.07, 6.45) is 0.448. The fourth-order valence-electron chi connectivity index (χ4n) is 1.89. The van der Waals surface area contributed by atoms with E-state index in [9.17, 15) is 0 Å². The first-order valence-corrected chi connectivity index (χ1v) is 8.33. The van der Waals surface area contributed by atoms with E-state index >= 15 is 0 Å². The Labute approximate surface area is 140 Å². The number of benzene rings is 1. The van der Waals surface area contributed by atoms with Crippen LogP contribution in [-0.4, -0.2) is 20.6 Å². The molecule has 122 valence electrons. The van der Waals surface area contributed by atoms with Crippen molar-refractivity contribution in [3.05, 3.63) is 35.7 Å². The first-order valence-electron chi connectivity index (χ1n) is 7.34. The summed E-state index contributed by atoms with van der Waals surface area (Å²) < 4.78 is 7.12. The van der Waals surface area contributed by atoms with Crippen LogP contribution >= 0.6 is 11.8 Å². The van der Waals surface area contributed by atoms with Gasteiger partial charge in [0.15, 0.2) is 5.82 Å². The summed E-state index contributed by atoms with van der Waals surface area (Å²) in [4.78, 5) is 0. The van der Waals surface area contributed by atoms with Gasteiger partial charge >= 0.3 is 0 Å². The van der Waals surface area contributed by atoms with Gasteiger partial charge < -0.3 is 10.6 Å². The SMILES string of the molecule is CC(C)(C)c1ccc(OCc2nnc(SCCC#N)n2N)cc1. The molecule has 1 heterocycles. The van der Waals surface area contributed by atoms with Crippen molar-refractivity contribution in [1.82, 2.24) is 14.9 Å². The number of hydrogen-bond donors (Lipinski definition) is 1. The molecular weight excluding hydrogens is 310 g/mol. The van der Waals surface area contributed by atoms with Crippen LogP contribution in [0.5, 0.6) is 5.75 Å². The second-order valence-corrected chi connectivity index (χ2v) is 7.15. The smallest absolute Gasteiger partial charge is 0.209 e. The maximum absolute atomic E-state index is 8.54. The molecule has 0 spiro atoms. The highest BCUT2D eigenvalue weighted by atomic mass is 32.2. The van der Waals surface area contributed by atoms with E-state index < -0.39 is 0 Å². The lowest BCUT2D eigenvalue weighted by Gasteiger charge is -2.19. The van der Waals surface area contributed by atoms with Gasteiger partial charge in [0, 0.05) is 12.2 Å². The first kappa shape index (κ1) is 17.2. The lowest BCUT2D eigenvalue weighted by atomic mass is 9.87. The molecule has 0 bridgehead atoms. The van der Waals surface area contributed by atoms with Crippen molar-refractivity contribution in [2.24, 2.45) is 0 Å². The van der Waals surface area contributed by atoms with Crippen molar-refractivity contribution in [2.45, 2.75) is 44.4 Å². The summed E-state index contributed by atoms with van der Waals surface area (Å²) in [5.41, 5.74) is 1.37. The van der Waals surface area contributed by atoms with E-state index in [0.717, 1.165) is 5.75 Å². The number of thioether (sulfide) groups is 1. The van der Waals surface area contributed by atoms with E-state index in [1.807, 2.05) is 12.1 Å². The van der Waals surface area contributed by atoms with Crippen molar-refractivity contribution in [1.29, 1.82) is 5.26 Å². The molecule has 0 aliphatic heterocycles. The Hall–Kier alpha value is -2.20. The highest BCUT2D eigenvalue weighted by Gasteiger charge is 2.14. The van der Waals surface area contributed by atoms with Crippen molar-refractivity contribution >= 4 is 11.8 Å². The average Bonchev–Trinajstić information content (AvgIpc) is 2.86. The van der Waals surface area contributed by atoms with Crippen molar-refractivity contribution in [2.75, 3.05) is 11.6 Å². The van der Waals surface area contributed by atoms with Gasteiger partial charge in [-0.2, -0.15) is 5.26 Å². The van der Waals surface area contributed by atoms with Crippen LogP contribution in [0.15, 0.2) is 29.4 Å². The summed E-state index contributed by atoms with van der Waals surface area (Å²) in [6.45, 7) is 6.76. The fourth-order valence-corrected chi connectivity index (χ4v) is 2.61. The van der Waals surface area contributed by atoms with E-state index in [0.29, 0.717) is 23.2 Å². The molecule has 2 aromatic rings. The fraction of sp³-hybridized carbons (Fsp3) is 0.438. The molecule has 23 heavy (non-hydrogen) atoms. The quantitative estimate of drug-likeness (QED) is 0.497. The van der Waals surface area contributed by atoms with Crippen LogP contribution < -0.4 is 10.6 Å². The third-order valence-corrected chi connectivity index (χ3v) is 4.21. The number of nitrogens with two attached hydrogens (primary N) is 1. The Bertz CT molecular complexity index is 682. The third-order valence-electron chi connectivity index (χ3n) is 3.27. The largest absolute Gasteiger partial charge is 0.486 e. The minimum atomic E-state index is 0.117. The minimum absolute atomic E-state index is 0.117. The van der Waals surface area contributed by atoms with E-state index in [4.69, 9.17) is 15.8 Å². The number of aromatic nitrogens is 3. The molecule has 6 nitrogen and oxygen atoms in total. The standard InChI is InChI=1S/C16H21N5OS/c1-16(2,3)12-5-7-13(8-6-12)22-11-14-19-20-15(21(14)18)23-10-4-9-17/h5-8H,4,10-11,18H2,1-3H3. The Morgan fingerprint density at radius 3 is 2.57 bits per heavy atom. The second-order valence-electron chi connectivity index (χ2n) is 6.09. The number of nitrogen functional groups attached to an aromatic ring is 1. The van der Waals surface area contributed by atoms with Crippen LogP contribution in [0.4, 0.5) is 0 Å². The van der Waals surface area contributed by atoms with Gasteiger partial charge in [-0.1, -0.05) is 44.7 Å². The van der Waals surface area contributed by atoms with Gasteiger partial charge in [0.2, 0.25) is 5.16 Å². The minimum Gasteiger partial charge on any atom is -0.486 e. The number of rotatable bonds is 6. The zero-order valence-electron chi connectivity index (χ0n) is 13.6. The van der Waals surface area contributed by atoms with Crippen LogP contribution in [-0.2, 0) is 12.0 Å². The molecule has 0 saturated carbocycles. The average molecular weight is 331 g/mol. The molecular formula is C16H21N5OS. The van der Waals surface area contributed by atoms with Crippen LogP contribution in [0.2, 0.25) is 0 Å².